The summed E-state index contributed by atoms with van der Waals surface area (Å²) in [6.07, 6.45) is 4.71. The van der Waals surface area contributed by atoms with Crippen molar-refractivity contribution in [3.63, 3.8) is 0 Å². The van der Waals surface area contributed by atoms with Crippen molar-refractivity contribution in [3.05, 3.63) is 35.6 Å². The Kier molecular flexibility index (Phi) is 4.93. The number of nitrogens with one attached hydrogen (secondary N) is 1. The first kappa shape index (κ1) is 15.3. The van der Waals surface area contributed by atoms with Crippen LogP contribution in [0.4, 0.5) is 9.18 Å². The lowest BCUT2D eigenvalue weighted by atomic mass is 10.2. The van der Waals surface area contributed by atoms with Gasteiger partial charge in [-0.1, -0.05) is 25.0 Å². The second kappa shape index (κ2) is 7.09. The Morgan fingerprint density at radius 2 is 1.73 bits per heavy atom. The van der Waals surface area contributed by atoms with Crippen LogP contribution in [0.25, 0.3) is 0 Å². The van der Waals surface area contributed by atoms with Gasteiger partial charge >= 0.3 is 6.03 Å². The van der Waals surface area contributed by atoms with Gasteiger partial charge in [-0.15, -0.1) is 0 Å². The molecule has 0 spiro atoms. The van der Waals surface area contributed by atoms with Crippen molar-refractivity contribution >= 4 is 6.03 Å². The van der Waals surface area contributed by atoms with Crippen LogP contribution in [0, 0.1) is 5.82 Å². The van der Waals surface area contributed by atoms with Gasteiger partial charge in [-0.2, -0.15) is 0 Å². The van der Waals surface area contributed by atoms with Gasteiger partial charge in [0.05, 0.1) is 0 Å². The van der Waals surface area contributed by atoms with E-state index in [1.54, 1.807) is 0 Å². The molecule has 1 saturated heterocycles. The maximum absolute atomic E-state index is 12.9. The van der Waals surface area contributed by atoms with Crippen LogP contribution in [0.2, 0.25) is 0 Å². The summed E-state index contributed by atoms with van der Waals surface area (Å²) >= 11 is 0. The molecule has 2 aliphatic rings. The highest BCUT2D eigenvalue weighted by atomic mass is 19.1. The molecule has 0 aromatic heterocycles. The molecule has 1 aromatic carbocycles. The van der Waals surface area contributed by atoms with Gasteiger partial charge in [-0.05, 0) is 30.5 Å². The minimum atomic E-state index is -0.197. The summed E-state index contributed by atoms with van der Waals surface area (Å²) in [5.41, 5.74) is 1.12. The minimum Gasteiger partial charge on any atom is -0.335 e. The highest BCUT2D eigenvalue weighted by Crippen LogP contribution is 2.18. The van der Waals surface area contributed by atoms with Crippen LogP contribution >= 0.6 is 0 Å². The molecule has 120 valence electrons. The van der Waals surface area contributed by atoms with Crippen LogP contribution in [0.1, 0.15) is 31.2 Å². The Balaban J connectivity index is 1.43. The lowest BCUT2D eigenvalue weighted by molar-refractivity contribution is 0.133. The van der Waals surface area contributed by atoms with Gasteiger partial charge in [0, 0.05) is 38.8 Å². The van der Waals surface area contributed by atoms with E-state index >= 15 is 0 Å². The van der Waals surface area contributed by atoms with Crippen molar-refractivity contribution in [2.45, 2.75) is 38.3 Å². The van der Waals surface area contributed by atoms with Gasteiger partial charge in [-0.25, -0.2) is 9.18 Å². The summed E-state index contributed by atoms with van der Waals surface area (Å²) in [6.45, 7) is 4.09. The van der Waals surface area contributed by atoms with E-state index in [9.17, 15) is 9.18 Å². The standard InChI is InChI=1S/C17H24FN3O/c18-15-7-5-14(6-8-15)13-20-9-11-21(12-10-20)17(22)19-16-3-1-2-4-16/h5-8,16H,1-4,9-13H2,(H,19,22). The van der Waals surface area contributed by atoms with Crippen LogP contribution in [0.5, 0.6) is 0 Å². The SMILES string of the molecule is O=C(NC1CCCC1)N1CCN(Cc2ccc(F)cc2)CC1. The van der Waals surface area contributed by atoms with Crippen molar-refractivity contribution < 1.29 is 9.18 Å². The largest absolute Gasteiger partial charge is 0.335 e. The second-order valence-corrected chi connectivity index (χ2v) is 6.32. The molecule has 2 amide bonds. The Bertz CT molecular complexity index is 491. The molecule has 0 bridgehead atoms. The molecule has 4 nitrogen and oxygen atoms in total. The fraction of sp³-hybridized carbons (Fsp3) is 0.588. The van der Waals surface area contributed by atoms with Crippen molar-refractivity contribution in [1.29, 1.82) is 0 Å². The topological polar surface area (TPSA) is 35.6 Å². The van der Waals surface area contributed by atoms with Crippen LogP contribution < -0.4 is 5.32 Å². The number of amides is 2. The van der Waals surface area contributed by atoms with E-state index in [0.29, 0.717) is 6.04 Å². The summed E-state index contributed by atoms with van der Waals surface area (Å²) in [5, 5.41) is 3.15. The normalized spacial score (nSPS) is 20.3. The number of hydrogen-bond acceptors (Lipinski definition) is 2. The number of carbonyl (C=O) groups is 1. The first-order valence-corrected chi connectivity index (χ1v) is 8.23. The molecule has 1 aliphatic heterocycles. The highest BCUT2D eigenvalue weighted by Gasteiger charge is 2.24. The molecule has 0 radical (unpaired) electrons. The van der Waals surface area contributed by atoms with Crippen LogP contribution in [0.15, 0.2) is 24.3 Å². The zero-order valence-corrected chi connectivity index (χ0v) is 12.9. The fourth-order valence-corrected chi connectivity index (χ4v) is 3.29. The second-order valence-electron chi connectivity index (χ2n) is 6.32. The first-order chi connectivity index (χ1) is 10.7. The summed E-state index contributed by atoms with van der Waals surface area (Å²) < 4.78 is 12.9. The molecule has 1 N–H and O–H groups in total. The van der Waals surface area contributed by atoms with Gasteiger partial charge in [-0.3, -0.25) is 4.90 Å². The zero-order chi connectivity index (χ0) is 15.4. The molecular formula is C17H24FN3O. The monoisotopic (exact) mass is 305 g/mol. The lowest BCUT2D eigenvalue weighted by Gasteiger charge is -2.35. The quantitative estimate of drug-likeness (QED) is 0.932. The molecule has 0 atom stereocenters. The molecule has 3 rings (SSSR count). The lowest BCUT2D eigenvalue weighted by Crippen LogP contribution is -2.52. The Hall–Kier alpha value is -1.62. The summed E-state index contributed by atoms with van der Waals surface area (Å²) in [6, 6.07) is 7.13. The number of halogens is 1. The minimum absolute atomic E-state index is 0.0910. The molecule has 2 fully saturated rings. The average molecular weight is 305 g/mol. The molecule has 5 heteroatoms. The number of urea groups is 1. The predicted octanol–water partition coefficient (Wildman–Crippen LogP) is 2.60. The molecule has 1 aromatic rings. The third-order valence-electron chi connectivity index (χ3n) is 4.66. The van der Waals surface area contributed by atoms with Crippen LogP contribution in [-0.4, -0.2) is 48.1 Å². The maximum Gasteiger partial charge on any atom is 0.317 e. The molecule has 22 heavy (non-hydrogen) atoms. The third-order valence-corrected chi connectivity index (χ3v) is 4.66. The highest BCUT2D eigenvalue weighted by molar-refractivity contribution is 5.74. The molecular weight excluding hydrogens is 281 g/mol. The number of nitrogens with zero attached hydrogens (tertiary/aromatic N) is 2. The van der Waals surface area contributed by atoms with Gasteiger partial charge in [0.15, 0.2) is 0 Å². The van der Waals surface area contributed by atoms with Gasteiger partial charge in [0.1, 0.15) is 5.82 Å². The van der Waals surface area contributed by atoms with Crippen molar-refractivity contribution in [3.8, 4) is 0 Å². The third kappa shape index (κ3) is 3.97. The first-order valence-electron chi connectivity index (χ1n) is 8.23. The van der Waals surface area contributed by atoms with Gasteiger partial charge in [0.2, 0.25) is 0 Å². The van der Waals surface area contributed by atoms with Crippen molar-refractivity contribution in [2.24, 2.45) is 0 Å². The molecule has 0 unspecified atom stereocenters. The van der Waals surface area contributed by atoms with Crippen LogP contribution in [-0.2, 0) is 6.54 Å². The number of piperazine rings is 1. The number of benzene rings is 1. The van der Waals surface area contributed by atoms with E-state index in [2.05, 4.69) is 10.2 Å². The Labute approximate surface area is 131 Å². The fourth-order valence-electron chi connectivity index (χ4n) is 3.29. The Morgan fingerprint density at radius 3 is 2.36 bits per heavy atom. The van der Waals surface area contributed by atoms with Crippen LogP contribution in [0.3, 0.4) is 0 Å². The summed E-state index contributed by atoms with van der Waals surface area (Å²) in [5.74, 6) is -0.197. The summed E-state index contributed by atoms with van der Waals surface area (Å²) in [4.78, 5) is 16.4. The molecule has 1 saturated carbocycles. The van der Waals surface area contributed by atoms with Gasteiger partial charge in [0.25, 0.3) is 0 Å². The van der Waals surface area contributed by atoms with E-state index in [0.717, 1.165) is 51.1 Å². The molecule has 1 heterocycles. The number of rotatable bonds is 3. The zero-order valence-electron chi connectivity index (χ0n) is 12.9. The van der Waals surface area contributed by atoms with Crippen molar-refractivity contribution in [2.75, 3.05) is 26.2 Å². The average Bonchev–Trinajstić information content (AvgIpc) is 3.03. The van der Waals surface area contributed by atoms with E-state index in [4.69, 9.17) is 0 Å². The maximum atomic E-state index is 12.9. The number of carbonyl (C=O) groups excluding carboxylic acids is 1. The smallest absolute Gasteiger partial charge is 0.317 e. The predicted molar refractivity (Wildman–Crippen MR) is 84.0 cm³/mol. The van der Waals surface area contributed by atoms with E-state index in [1.807, 2.05) is 17.0 Å². The van der Waals surface area contributed by atoms with E-state index < -0.39 is 0 Å². The summed E-state index contributed by atoms with van der Waals surface area (Å²) in [7, 11) is 0. The van der Waals surface area contributed by atoms with Gasteiger partial charge < -0.3 is 10.2 Å². The Morgan fingerprint density at radius 1 is 1.09 bits per heavy atom. The van der Waals surface area contributed by atoms with E-state index in [1.165, 1.54) is 25.0 Å². The molecule has 1 aliphatic carbocycles. The van der Waals surface area contributed by atoms with Crippen molar-refractivity contribution in [1.82, 2.24) is 15.1 Å². The van der Waals surface area contributed by atoms with E-state index in [-0.39, 0.29) is 11.8 Å². The number of hydrogen-bond donors (Lipinski definition) is 1.